The SMILES string of the molecule is O=C(CSc1nc(-c2ccccc2)cc(C(F)(F)F)n1)Nc1c(Cl)cccc1Cl. The van der Waals surface area contributed by atoms with Crippen LogP contribution in [0.5, 0.6) is 0 Å². The molecule has 0 spiro atoms. The highest BCUT2D eigenvalue weighted by atomic mass is 35.5. The minimum absolute atomic E-state index is 0.116. The van der Waals surface area contributed by atoms with Gasteiger partial charge in [0.15, 0.2) is 5.16 Å². The van der Waals surface area contributed by atoms with Crippen molar-refractivity contribution in [3.63, 3.8) is 0 Å². The fourth-order valence-corrected chi connectivity index (χ4v) is 3.46. The number of benzene rings is 2. The quantitative estimate of drug-likeness (QED) is 0.366. The molecule has 0 aliphatic heterocycles. The summed E-state index contributed by atoms with van der Waals surface area (Å²) < 4.78 is 39.7. The number of nitrogens with one attached hydrogen (secondary N) is 1. The Morgan fingerprint density at radius 3 is 2.28 bits per heavy atom. The van der Waals surface area contributed by atoms with Gasteiger partial charge in [0.05, 0.1) is 27.2 Å². The van der Waals surface area contributed by atoms with Crippen molar-refractivity contribution in [2.45, 2.75) is 11.3 Å². The van der Waals surface area contributed by atoms with Crippen molar-refractivity contribution in [3.8, 4) is 11.3 Å². The van der Waals surface area contributed by atoms with Gasteiger partial charge in [0, 0.05) is 5.56 Å². The first kappa shape index (κ1) is 21.4. The van der Waals surface area contributed by atoms with Gasteiger partial charge in [-0.3, -0.25) is 4.79 Å². The Labute approximate surface area is 178 Å². The van der Waals surface area contributed by atoms with Gasteiger partial charge in [0.2, 0.25) is 5.91 Å². The van der Waals surface area contributed by atoms with Gasteiger partial charge in [-0.2, -0.15) is 13.2 Å². The average molecular weight is 458 g/mol. The van der Waals surface area contributed by atoms with E-state index in [9.17, 15) is 18.0 Å². The van der Waals surface area contributed by atoms with Crippen molar-refractivity contribution in [2.75, 3.05) is 11.1 Å². The highest BCUT2D eigenvalue weighted by molar-refractivity contribution is 7.99. The number of anilines is 1. The number of carbonyl (C=O) groups excluding carboxylic acids is 1. The number of thioether (sulfide) groups is 1. The molecule has 1 amide bonds. The predicted octanol–water partition coefficient (Wildman–Crippen LogP) is 6.20. The van der Waals surface area contributed by atoms with Crippen molar-refractivity contribution in [1.82, 2.24) is 9.97 Å². The Morgan fingerprint density at radius 1 is 1.00 bits per heavy atom. The topological polar surface area (TPSA) is 54.9 Å². The second-order valence-electron chi connectivity index (χ2n) is 5.72. The van der Waals surface area contributed by atoms with Crippen LogP contribution >= 0.6 is 35.0 Å². The number of amides is 1. The minimum Gasteiger partial charge on any atom is -0.323 e. The highest BCUT2D eigenvalue weighted by Gasteiger charge is 2.34. The molecule has 4 nitrogen and oxygen atoms in total. The second kappa shape index (κ2) is 9.02. The lowest BCUT2D eigenvalue weighted by atomic mass is 10.1. The number of aromatic nitrogens is 2. The molecule has 0 aliphatic rings. The van der Waals surface area contributed by atoms with E-state index in [1.54, 1.807) is 48.5 Å². The number of para-hydroxylation sites is 1. The summed E-state index contributed by atoms with van der Waals surface area (Å²) >= 11 is 12.8. The van der Waals surface area contributed by atoms with Crippen LogP contribution in [0.1, 0.15) is 5.69 Å². The maximum Gasteiger partial charge on any atom is 0.433 e. The Bertz CT molecular complexity index is 1010. The lowest BCUT2D eigenvalue weighted by Gasteiger charge is -2.11. The molecule has 0 atom stereocenters. The van der Waals surface area contributed by atoms with Gasteiger partial charge in [0.1, 0.15) is 5.69 Å². The molecule has 3 rings (SSSR count). The summed E-state index contributed by atoms with van der Waals surface area (Å²) in [4.78, 5) is 19.9. The Hall–Kier alpha value is -2.29. The minimum atomic E-state index is -4.64. The molecular formula is C19H12Cl2F3N3OS. The van der Waals surface area contributed by atoms with Crippen LogP contribution in [0.4, 0.5) is 18.9 Å². The number of rotatable bonds is 5. The lowest BCUT2D eigenvalue weighted by molar-refractivity contribution is -0.141. The zero-order valence-electron chi connectivity index (χ0n) is 14.5. The maximum atomic E-state index is 13.2. The summed E-state index contributed by atoms with van der Waals surface area (Å²) in [6.45, 7) is 0. The molecule has 1 aromatic heterocycles. The summed E-state index contributed by atoms with van der Waals surface area (Å²) in [6, 6.07) is 14.0. The van der Waals surface area contributed by atoms with Gasteiger partial charge in [-0.25, -0.2) is 9.97 Å². The van der Waals surface area contributed by atoms with Gasteiger partial charge in [-0.1, -0.05) is 71.4 Å². The largest absolute Gasteiger partial charge is 0.433 e. The third-order valence-corrected chi connectivity index (χ3v) is 5.10. The van der Waals surface area contributed by atoms with Gasteiger partial charge in [-0.05, 0) is 18.2 Å². The molecule has 3 aromatic rings. The summed E-state index contributed by atoms with van der Waals surface area (Å²) in [5.74, 6) is -0.732. The smallest absolute Gasteiger partial charge is 0.323 e. The summed E-state index contributed by atoms with van der Waals surface area (Å²) in [5.41, 5.74) is -0.223. The molecule has 0 saturated heterocycles. The van der Waals surface area contributed by atoms with Crippen LogP contribution in [0.2, 0.25) is 10.0 Å². The van der Waals surface area contributed by atoms with Crippen molar-refractivity contribution >= 4 is 46.6 Å². The molecule has 10 heteroatoms. The third-order valence-electron chi connectivity index (χ3n) is 3.63. The Kier molecular flexibility index (Phi) is 6.66. The van der Waals surface area contributed by atoms with E-state index < -0.39 is 17.8 Å². The number of carbonyl (C=O) groups is 1. The van der Waals surface area contributed by atoms with Crippen molar-refractivity contribution in [2.24, 2.45) is 0 Å². The molecule has 0 unspecified atom stereocenters. The molecule has 2 aromatic carbocycles. The number of hydrogen-bond donors (Lipinski definition) is 1. The molecular weight excluding hydrogens is 446 g/mol. The van der Waals surface area contributed by atoms with Crippen LogP contribution in [-0.4, -0.2) is 21.6 Å². The van der Waals surface area contributed by atoms with Crippen molar-refractivity contribution in [3.05, 3.63) is 70.3 Å². The first-order valence-corrected chi connectivity index (χ1v) is 9.86. The molecule has 0 saturated carbocycles. The molecule has 0 fully saturated rings. The average Bonchev–Trinajstić information content (AvgIpc) is 2.69. The summed E-state index contributed by atoms with van der Waals surface area (Å²) in [5, 5.41) is 2.87. The Balaban J connectivity index is 1.80. The maximum absolute atomic E-state index is 13.2. The first-order valence-electron chi connectivity index (χ1n) is 8.12. The van der Waals surface area contributed by atoms with Gasteiger partial charge in [0.25, 0.3) is 0 Å². The van der Waals surface area contributed by atoms with E-state index in [0.29, 0.717) is 5.56 Å². The van der Waals surface area contributed by atoms with Crippen LogP contribution in [0.3, 0.4) is 0 Å². The molecule has 1 heterocycles. The van der Waals surface area contributed by atoms with E-state index >= 15 is 0 Å². The number of nitrogens with zero attached hydrogens (tertiary/aromatic N) is 2. The molecule has 29 heavy (non-hydrogen) atoms. The van der Waals surface area contributed by atoms with E-state index in [0.717, 1.165) is 17.8 Å². The molecule has 0 bridgehead atoms. The number of alkyl halides is 3. The number of hydrogen-bond acceptors (Lipinski definition) is 4. The summed E-state index contributed by atoms with van der Waals surface area (Å²) in [7, 11) is 0. The number of halogens is 5. The first-order chi connectivity index (χ1) is 13.7. The van der Waals surface area contributed by atoms with E-state index in [4.69, 9.17) is 23.2 Å². The van der Waals surface area contributed by atoms with Gasteiger partial charge < -0.3 is 5.32 Å². The van der Waals surface area contributed by atoms with E-state index in [1.165, 1.54) is 0 Å². The predicted molar refractivity (Wildman–Crippen MR) is 108 cm³/mol. The monoisotopic (exact) mass is 457 g/mol. The van der Waals surface area contributed by atoms with Crippen LogP contribution in [-0.2, 0) is 11.0 Å². The van der Waals surface area contributed by atoms with Crippen LogP contribution in [0.25, 0.3) is 11.3 Å². The van der Waals surface area contributed by atoms with E-state index in [2.05, 4.69) is 15.3 Å². The van der Waals surface area contributed by atoms with Crippen LogP contribution in [0, 0.1) is 0 Å². The normalized spacial score (nSPS) is 11.3. The van der Waals surface area contributed by atoms with Gasteiger partial charge in [-0.15, -0.1) is 0 Å². The van der Waals surface area contributed by atoms with Crippen molar-refractivity contribution < 1.29 is 18.0 Å². The molecule has 0 radical (unpaired) electrons. The van der Waals surface area contributed by atoms with Crippen molar-refractivity contribution in [1.29, 1.82) is 0 Å². The second-order valence-corrected chi connectivity index (χ2v) is 7.48. The lowest BCUT2D eigenvalue weighted by Crippen LogP contribution is -2.15. The zero-order valence-corrected chi connectivity index (χ0v) is 16.8. The zero-order chi connectivity index (χ0) is 21.0. The molecule has 150 valence electrons. The highest BCUT2D eigenvalue weighted by Crippen LogP contribution is 2.33. The van der Waals surface area contributed by atoms with E-state index in [1.807, 2.05) is 0 Å². The molecule has 1 N–H and O–H groups in total. The third kappa shape index (κ3) is 5.62. The van der Waals surface area contributed by atoms with Crippen LogP contribution in [0.15, 0.2) is 59.8 Å². The Morgan fingerprint density at radius 2 is 1.66 bits per heavy atom. The standard InChI is InChI=1S/C19H12Cl2F3N3OS/c20-12-7-4-8-13(21)17(12)27-16(28)10-29-18-25-14(11-5-2-1-3-6-11)9-15(26-18)19(22,23)24/h1-9H,10H2,(H,27,28). The van der Waals surface area contributed by atoms with E-state index in [-0.39, 0.29) is 32.3 Å². The van der Waals surface area contributed by atoms with Gasteiger partial charge >= 0.3 is 6.18 Å². The fourth-order valence-electron chi connectivity index (χ4n) is 2.31. The summed E-state index contributed by atoms with van der Waals surface area (Å²) in [6.07, 6.45) is -4.64. The fraction of sp³-hybridized carbons (Fsp3) is 0.105. The molecule has 0 aliphatic carbocycles. The van der Waals surface area contributed by atoms with Crippen LogP contribution < -0.4 is 5.32 Å².